The quantitative estimate of drug-likeness (QED) is 0.573. The van der Waals surface area contributed by atoms with Gasteiger partial charge in [0.1, 0.15) is 0 Å². The van der Waals surface area contributed by atoms with E-state index in [0.29, 0.717) is 0 Å². The minimum atomic E-state index is -3.00. The maximum atomic E-state index is 11.5. The molecule has 0 saturated heterocycles. The molecule has 0 bridgehead atoms. The van der Waals surface area contributed by atoms with E-state index in [2.05, 4.69) is 5.32 Å². The van der Waals surface area contributed by atoms with Crippen LogP contribution in [0.15, 0.2) is 0 Å². The van der Waals surface area contributed by atoms with Gasteiger partial charge in [-0.3, -0.25) is 9.59 Å². The average molecular weight is 180 g/mol. The minimum absolute atomic E-state index is 0.0166. The smallest absolute Gasteiger partial charge is 0.315 e. The van der Waals surface area contributed by atoms with Crippen LogP contribution in [0.5, 0.6) is 0 Å². The number of rotatable bonds is 4. The van der Waals surface area contributed by atoms with Crippen molar-refractivity contribution in [3.63, 3.8) is 0 Å². The molecule has 0 atom stereocenters. The summed E-state index contributed by atoms with van der Waals surface area (Å²) in [4.78, 5) is 20.5. The highest BCUT2D eigenvalue weighted by Crippen LogP contribution is 1.89. The summed E-state index contributed by atoms with van der Waals surface area (Å²) >= 11 is 0. The SMILES string of the molecule is CC(=O)NCCNC(=O)C(F)F. The van der Waals surface area contributed by atoms with E-state index in [1.54, 1.807) is 0 Å². The van der Waals surface area contributed by atoms with Crippen LogP contribution in [-0.4, -0.2) is 31.3 Å². The molecule has 0 aliphatic heterocycles. The number of hydrogen-bond acceptors (Lipinski definition) is 2. The first kappa shape index (κ1) is 10.8. The van der Waals surface area contributed by atoms with Crippen LogP contribution in [0.1, 0.15) is 6.92 Å². The predicted molar refractivity (Wildman–Crippen MR) is 37.7 cm³/mol. The van der Waals surface area contributed by atoms with E-state index >= 15 is 0 Å². The molecule has 0 aliphatic rings. The van der Waals surface area contributed by atoms with E-state index in [1.807, 2.05) is 5.32 Å². The highest BCUT2D eigenvalue weighted by Gasteiger charge is 2.13. The Balaban J connectivity index is 3.32. The fourth-order valence-corrected chi connectivity index (χ4v) is 0.501. The number of carbonyl (C=O) groups is 2. The lowest BCUT2D eigenvalue weighted by molar-refractivity contribution is -0.131. The second-order valence-corrected chi connectivity index (χ2v) is 2.07. The second kappa shape index (κ2) is 5.45. The first-order valence-electron chi connectivity index (χ1n) is 3.34. The molecule has 0 fully saturated rings. The summed E-state index contributed by atoms with van der Waals surface area (Å²) in [5.74, 6) is -1.58. The average Bonchev–Trinajstić information content (AvgIpc) is 1.97. The van der Waals surface area contributed by atoms with Crippen molar-refractivity contribution in [2.45, 2.75) is 13.3 Å². The van der Waals surface area contributed by atoms with Crippen LogP contribution >= 0.6 is 0 Å². The molecule has 0 heterocycles. The molecule has 0 saturated carbocycles. The monoisotopic (exact) mass is 180 g/mol. The summed E-state index contributed by atoms with van der Waals surface area (Å²) in [7, 11) is 0. The van der Waals surface area contributed by atoms with Gasteiger partial charge in [0.25, 0.3) is 5.91 Å². The van der Waals surface area contributed by atoms with Crippen molar-refractivity contribution < 1.29 is 18.4 Å². The Kier molecular flexibility index (Phi) is 4.91. The third kappa shape index (κ3) is 5.57. The van der Waals surface area contributed by atoms with E-state index in [-0.39, 0.29) is 19.0 Å². The van der Waals surface area contributed by atoms with Gasteiger partial charge in [-0.1, -0.05) is 0 Å². The number of amides is 2. The van der Waals surface area contributed by atoms with Gasteiger partial charge in [-0.05, 0) is 0 Å². The molecule has 0 unspecified atom stereocenters. The maximum Gasteiger partial charge on any atom is 0.315 e. The largest absolute Gasteiger partial charge is 0.355 e. The third-order valence-electron chi connectivity index (χ3n) is 0.996. The van der Waals surface area contributed by atoms with Gasteiger partial charge in [0.15, 0.2) is 0 Å². The Hall–Kier alpha value is -1.20. The van der Waals surface area contributed by atoms with Gasteiger partial charge in [0.05, 0.1) is 0 Å². The molecule has 2 amide bonds. The highest BCUT2D eigenvalue weighted by atomic mass is 19.3. The Bertz CT molecular complexity index is 173. The summed E-state index contributed by atoms with van der Waals surface area (Å²) in [6, 6.07) is 0. The number of hydrogen-bond donors (Lipinski definition) is 2. The third-order valence-corrected chi connectivity index (χ3v) is 0.996. The van der Waals surface area contributed by atoms with Gasteiger partial charge in [-0.25, -0.2) is 0 Å². The van der Waals surface area contributed by atoms with Crippen molar-refractivity contribution in [3.8, 4) is 0 Å². The molecular formula is C6H10F2N2O2. The molecule has 0 aromatic carbocycles. The molecule has 0 aromatic heterocycles. The summed E-state index contributed by atoms with van der Waals surface area (Å²) in [5.41, 5.74) is 0. The van der Waals surface area contributed by atoms with Gasteiger partial charge >= 0.3 is 6.43 Å². The lowest BCUT2D eigenvalue weighted by Crippen LogP contribution is -2.36. The zero-order chi connectivity index (χ0) is 9.56. The first-order valence-corrected chi connectivity index (χ1v) is 3.34. The van der Waals surface area contributed by atoms with E-state index in [1.165, 1.54) is 6.92 Å². The molecule has 0 aliphatic carbocycles. The van der Waals surface area contributed by atoms with Crippen molar-refractivity contribution in [1.82, 2.24) is 10.6 Å². The Morgan fingerprint density at radius 3 is 2.17 bits per heavy atom. The van der Waals surface area contributed by atoms with E-state index in [0.717, 1.165) is 0 Å². The second-order valence-electron chi connectivity index (χ2n) is 2.07. The van der Waals surface area contributed by atoms with Crippen LogP contribution in [-0.2, 0) is 9.59 Å². The van der Waals surface area contributed by atoms with E-state index in [4.69, 9.17) is 0 Å². The van der Waals surface area contributed by atoms with Gasteiger partial charge in [0, 0.05) is 20.0 Å². The molecule has 0 spiro atoms. The van der Waals surface area contributed by atoms with Crippen LogP contribution in [0.2, 0.25) is 0 Å². The zero-order valence-electron chi connectivity index (χ0n) is 6.56. The Morgan fingerprint density at radius 2 is 1.75 bits per heavy atom. The van der Waals surface area contributed by atoms with Crippen LogP contribution in [0.3, 0.4) is 0 Å². The Morgan fingerprint density at radius 1 is 1.25 bits per heavy atom. The maximum absolute atomic E-state index is 11.5. The van der Waals surface area contributed by atoms with Crippen LogP contribution < -0.4 is 10.6 Å². The van der Waals surface area contributed by atoms with E-state index < -0.39 is 12.3 Å². The highest BCUT2D eigenvalue weighted by molar-refractivity contribution is 5.79. The van der Waals surface area contributed by atoms with Crippen molar-refractivity contribution in [1.29, 1.82) is 0 Å². The summed E-state index contributed by atoms with van der Waals surface area (Å²) in [6.45, 7) is 1.48. The minimum Gasteiger partial charge on any atom is -0.355 e. The van der Waals surface area contributed by atoms with Crippen LogP contribution in [0.25, 0.3) is 0 Å². The molecular weight excluding hydrogens is 170 g/mol. The predicted octanol–water partition coefficient (Wildman–Crippen LogP) is -0.496. The topological polar surface area (TPSA) is 58.2 Å². The van der Waals surface area contributed by atoms with Gasteiger partial charge < -0.3 is 10.6 Å². The summed E-state index contributed by atoms with van der Waals surface area (Å²) in [6.07, 6.45) is -3.00. The molecule has 12 heavy (non-hydrogen) atoms. The van der Waals surface area contributed by atoms with Crippen molar-refractivity contribution in [2.24, 2.45) is 0 Å². The summed E-state index contributed by atoms with van der Waals surface area (Å²) < 4.78 is 23.0. The molecule has 0 aromatic rings. The zero-order valence-corrected chi connectivity index (χ0v) is 6.56. The number of nitrogens with one attached hydrogen (secondary N) is 2. The van der Waals surface area contributed by atoms with Crippen molar-refractivity contribution in [2.75, 3.05) is 13.1 Å². The van der Waals surface area contributed by atoms with Crippen molar-refractivity contribution in [3.05, 3.63) is 0 Å². The van der Waals surface area contributed by atoms with Gasteiger partial charge in [-0.2, -0.15) is 8.78 Å². The molecule has 0 radical (unpaired) electrons. The lowest BCUT2D eigenvalue weighted by atomic mass is 10.5. The molecule has 4 nitrogen and oxygen atoms in total. The fraction of sp³-hybridized carbons (Fsp3) is 0.667. The van der Waals surface area contributed by atoms with E-state index in [9.17, 15) is 18.4 Å². The fourth-order valence-electron chi connectivity index (χ4n) is 0.501. The van der Waals surface area contributed by atoms with Crippen LogP contribution in [0.4, 0.5) is 8.78 Å². The van der Waals surface area contributed by atoms with Crippen molar-refractivity contribution >= 4 is 11.8 Å². The normalized spacial score (nSPS) is 9.67. The lowest BCUT2D eigenvalue weighted by Gasteiger charge is -2.03. The standard InChI is InChI=1S/C6H10F2N2O2/c1-4(11)9-2-3-10-6(12)5(7)8/h5H,2-3H2,1H3,(H,9,11)(H,10,12). The number of halogens is 2. The molecule has 6 heteroatoms. The molecule has 70 valence electrons. The number of carbonyl (C=O) groups excluding carboxylic acids is 2. The molecule has 2 N–H and O–H groups in total. The number of alkyl halides is 2. The van der Waals surface area contributed by atoms with Crippen LogP contribution in [0, 0.1) is 0 Å². The Labute approximate surface area is 68.3 Å². The van der Waals surface area contributed by atoms with Gasteiger partial charge in [0.2, 0.25) is 5.91 Å². The molecule has 0 rings (SSSR count). The summed E-state index contributed by atoms with van der Waals surface area (Å²) in [5, 5.41) is 4.28. The first-order chi connectivity index (χ1) is 5.54. The van der Waals surface area contributed by atoms with Gasteiger partial charge in [-0.15, -0.1) is 0 Å².